The molecular weight excluding hydrogens is 259 g/mol. The average Bonchev–Trinajstić information content (AvgIpc) is 2.47. The smallest absolute Gasteiger partial charge is 0.171 e. The minimum absolute atomic E-state index is 0.488. The fourth-order valence-corrected chi connectivity index (χ4v) is 3.59. The van der Waals surface area contributed by atoms with E-state index in [0.29, 0.717) is 6.32 Å². The van der Waals surface area contributed by atoms with Crippen molar-refractivity contribution in [3.63, 3.8) is 0 Å². The van der Waals surface area contributed by atoms with Gasteiger partial charge < -0.3 is 0 Å². The van der Waals surface area contributed by atoms with Crippen molar-refractivity contribution >= 4 is 15.1 Å². The monoisotopic (exact) mass is 285 g/mol. The first-order valence-corrected chi connectivity index (χ1v) is 7.72. The van der Waals surface area contributed by atoms with Crippen LogP contribution in [0.5, 0.6) is 0 Å². The molecule has 20 heavy (non-hydrogen) atoms. The Hall–Kier alpha value is -0.0801. The highest BCUT2D eigenvalue weighted by molar-refractivity contribution is 6.54. The van der Waals surface area contributed by atoms with E-state index in [0.717, 1.165) is 38.5 Å². The summed E-state index contributed by atoms with van der Waals surface area (Å²) in [5.74, 6) is 0. The zero-order valence-corrected chi connectivity index (χ0v) is 13.2. The predicted molar refractivity (Wildman–Crippen MR) is 80.3 cm³/mol. The van der Waals surface area contributed by atoms with Gasteiger partial charge in [0.25, 0.3) is 0 Å². The molecule has 2 atom stereocenters. The van der Waals surface area contributed by atoms with Gasteiger partial charge in [-0.3, -0.25) is 0 Å². The summed E-state index contributed by atoms with van der Waals surface area (Å²) in [5.41, 5.74) is -2.40. The number of alkyl halides is 3. The van der Waals surface area contributed by atoms with E-state index >= 15 is 0 Å². The molecule has 5 heteroatoms. The van der Waals surface area contributed by atoms with Crippen LogP contribution in [0, 0.1) is 10.8 Å². The molecule has 3 radical (unpaired) electrons. The summed E-state index contributed by atoms with van der Waals surface area (Å²) >= 11 is 0. The van der Waals surface area contributed by atoms with Gasteiger partial charge in [-0.2, -0.15) is 13.2 Å². The Kier molecular flexibility index (Phi) is 5.36. The van der Waals surface area contributed by atoms with Gasteiger partial charge in [-0.15, -0.1) is 0 Å². The molecular formula is C15H26B2F3. The standard InChI is InChI=1S/C15H26B2F3/c1-5-6-9-13(4)10-7-8-11-17-14(13,16)12(2,3)15(18,19)20/h5-11H2,1-4H3. The van der Waals surface area contributed by atoms with Crippen molar-refractivity contribution in [1.82, 2.24) is 0 Å². The van der Waals surface area contributed by atoms with Gasteiger partial charge in [-0.05, 0) is 18.3 Å². The van der Waals surface area contributed by atoms with Crippen molar-refractivity contribution in [3.05, 3.63) is 0 Å². The third-order valence-corrected chi connectivity index (χ3v) is 5.47. The highest BCUT2D eigenvalue weighted by Crippen LogP contribution is 2.65. The molecule has 1 rings (SSSR count). The first-order valence-electron chi connectivity index (χ1n) is 7.72. The van der Waals surface area contributed by atoms with Gasteiger partial charge in [0, 0.05) is 0 Å². The summed E-state index contributed by atoms with van der Waals surface area (Å²) in [4.78, 5) is 0. The Morgan fingerprint density at radius 1 is 1.20 bits per heavy atom. The number of hydrogen-bond donors (Lipinski definition) is 0. The molecule has 0 amide bonds. The van der Waals surface area contributed by atoms with E-state index in [1.165, 1.54) is 13.8 Å². The summed E-state index contributed by atoms with van der Waals surface area (Å²) in [7, 11) is 8.23. The van der Waals surface area contributed by atoms with Crippen LogP contribution in [-0.4, -0.2) is 21.3 Å². The number of hydrogen-bond acceptors (Lipinski definition) is 0. The van der Waals surface area contributed by atoms with Gasteiger partial charge in [0.1, 0.15) is 7.28 Å². The van der Waals surface area contributed by atoms with Crippen LogP contribution in [0.1, 0.15) is 66.2 Å². The molecule has 0 N–H and O–H groups in total. The second kappa shape index (κ2) is 5.96. The van der Waals surface area contributed by atoms with Crippen LogP contribution in [0.2, 0.25) is 11.5 Å². The zero-order chi connectivity index (χ0) is 15.7. The maximum atomic E-state index is 13.6. The minimum Gasteiger partial charge on any atom is -0.171 e. The highest BCUT2D eigenvalue weighted by atomic mass is 19.4. The molecule has 1 aliphatic heterocycles. The van der Waals surface area contributed by atoms with Gasteiger partial charge in [-0.25, -0.2) is 0 Å². The van der Waals surface area contributed by atoms with E-state index in [-0.39, 0.29) is 0 Å². The maximum Gasteiger partial charge on any atom is 0.393 e. The molecule has 0 aliphatic carbocycles. The molecule has 0 bridgehead atoms. The predicted octanol–water partition coefficient (Wildman–Crippen LogP) is 5.36. The number of halogens is 3. The van der Waals surface area contributed by atoms with E-state index in [1.807, 2.05) is 6.92 Å². The molecule has 1 saturated heterocycles. The number of unbranched alkanes of at least 4 members (excludes halogenated alkanes) is 1. The fraction of sp³-hybridized carbons (Fsp3) is 1.00. The van der Waals surface area contributed by atoms with E-state index in [4.69, 9.17) is 7.85 Å². The molecule has 2 unspecified atom stereocenters. The van der Waals surface area contributed by atoms with Crippen molar-refractivity contribution in [3.8, 4) is 0 Å². The quantitative estimate of drug-likeness (QED) is 0.610. The molecule has 0 saturated carbocycles. The Morgan fingerprint density at radius 2 is 1.80 bits per heavy atom. The second-order valence-corrected chi connectivity index (χ2v) is 7.11. The molecule has 1 heterocycles. The third-order valence-electron chi connectivity index (χ3n) is 5.47. The van der Waals surface area contributed by atoms with E-state index < -0.39 is 22.2 Å². The van der Waals surface area contributed by atoms with Crippen molar-refractivity contribution in [2.45, 2.75) is 83.9 Å². The van der Waals surface area contributed by atoms with Crippen LogP contribution in [0.15, 0.2) is 0 Å². The lowest BCUT2D eigenvalue weighted by Crippen LogP contribution is -2.54. The van der Waals surface area contributed by atoms with Gasteiger partial charge in [-0.1, -0.05) is 64.9 Å². The second-order valence-electron chi connectivity index (χ2n) is 7.11. The molecule has 0 aromatic rings. The molecule has 0 nitrogen and oxygen atoms in total. The highest BCUT2D eigenvalue weighted by Gasteiger charge is 2.63. The summed E-state index contributed by atoms with van der Waals surface area (Å²) in [6, 6.07) is 0. The Bertz CT molecular complexity index is 328. The fourth-order valence-electron chi connectivity index (χ4n) is 3.59. The van der Waals surface area contributed by atoms with Gasteiger partial charge in [0.2, 0.25) is 0 Å². The molecule has 1 fully saturated rings. The van der Waals surface area contributed by atoms with E-state index in [2.05, 4.69) is 6.92 Å². The van der Waals surface area contributed by atoms with Crippen LogP contribution in [0.4, 0.5) is 13.2 Å². The Morgan fingerprint density at radius 3 is 2.30 bits per heavy atom. The molecule has 1 aliphatic rings. The summed E-state index contributed by atoms with van der Waals surface area (Å²) < 4.78 is 40.7. The molecule has 0 aromatic heterocycles. The third kappa shape index (κ3) is 2.92. The lowest BCUT2D eigenvalue weighted by atomic mass is 9.25. The first-order chi connectivity index (χ1) is 9.02. The van der Waals surface area contributed by atoms with E-state index in [1.54, 1.807) is 7.28 Å². The van der Waals surface area contributed by atoms with Gasteiger partial charge in [0.05, 0.1) is 13.3 Å². The number of rotatable bonds is 4. The molecule has 0 spiro atoms. The topological polar surface area (TPSA) is 0 Å². The Labute approximate surface area is 123 Å². The van der Waals surface area contributed by atoms with E-state index in [9.17, 15) is 13.2 Å². The Balaban J connectivity index is 3.23. The van der Waals surface area contributed by atoms with Crippen LogP contribution >= 0.6 is 0 Å². The van der Waals surface area contributed by atoms with Gasteiger partial charge in [0.15, 0.2) is 0 Å². The summed E-state index contributed by atoms with van der Waals surface area (Å²) in [5, 5.41) is -1.30. The lowest BCUT2D eigenvalue weighted by Gasteiger charge is -2.56. The summed E-state index contributed by atoms with van der Waals surface area (Å²) in [6.45, 7) is 6.55. The first kappa shape index (κ1) is 18.0. The largest absolute Gasteiger partial charge is 0.393 e. The summed E-state index contributed by atoms with van der Waals surface area (Å²) in [6.07, 6.45) is 1.73. The normalized spacial score (nSPS) is 32.5. The van der Waals surface area contributed by atoms with Crippen molar-refractivity contribution in [1.29, 1.82) is 0 Å². The van der Waals surface area contributed by atoms with Crippen LogP contribution in [-0.2, 0) is 0 Å². The maximum absolute atomic E-state index is 13.6. The average molecular weight is 285 g/mol. The minimum atomic E-state index is -4.30. The zero-order valence-electron chi connectivity index (χ0n) is 13.2. The molecule has 113 valence electrons. The lowest BCUT2D eigenvalue weighted by molar-refractivity contribution is -0.227. The van der Waals surface area contributed by atoms with Crippen molar-refractivity contribution < 1.29 is 13.2 Å². The van der Waals surface area contributed by atoms with Crippen LogP contribution in [0.3, 0.4) is 0 Å². The molecule has 0 aromatic carbocycles. The van der Waals surface area contributed by atoms with Crippen LogP contribution in [0.25, 0.3) is 0 Å². The van der Waals surface area contributed by atoms with Crippen LogP contribution < -0.4 is 0 Å². The van der Waals surface area contributed by atoms with Crippen molar-refractivity contribution in [2.24, 2.45) is 10.8 Å². The van der Waals surface area contributed by atoms with Gasteiger partial charge >= 0.3 is 6.18 Å². The SMILES string of the molecule is [B]C1(C(C)(C)C(F)(F)F)[B]CCCCC1(C)CCCC. The van der Waals surface area contributed by atoms with Crippen molar-refractivity contribution in [2.75, 3.05) is 0 Å².